The highest BCUT2D eigenvalue weighted by Gasteiger charge is 2.30. The summed E-state index contributed by atoms with van der Waals surface area (Å²) in [6.07, 6.45) is -4.26. The smallest absolute Gasteiger partial charge is 0.383 e. The van der Waals surface area contributed by atoms with E-state index in [-0.39, 0.29) is 25.6 Å². The Morgan fingerprint density at radius 3 is 2.67 bits per heavy atom. The van der Waals surface area contributed by atoms with Gasteiger partial charge >= 0.3 is 6.18 Å². The highest BCUT2D eigenvalue weighted by atomic mass is 19.4. The zero-order chi connectivity index (χ0) is 15.9. The van der Waals surface area contributed by atoms with Gasteiger partial charge in [-0.25, -0.2) is 0 Å². The molecule has 0 heterocycles. The number of hydrogen-bond donors (Lipinski definition) is 1. The van der Waals surface area contributed by atoms with Gasteiger partial charge in [0.15, 0.2) is 0 Å². The molecule has 1 aromatic carbocycles. The number of amides is 1. The first-order valence-electron chi connectivity index (χ1n) is 6.45. The van der Waals surface area contributed by atoms with Gasteiger partial charge in [0.25, 0.3) is 0 Å². The van der Waals surface area contributed by atoms with Crippen molar-refractivity contribution >= 4 is 11.6 Å². The first-order chi connectivity index (χ1) is 9.80. The lowest BCUT2D eigenvalue weighted by Gasteiger charge is -2.23. The van der Waals surface area contributed by atoms with Gasteiger partial charge in [-0.2, -0.15) is 13.2 Å². The molecule has 4 nitrogen and oxygen atoms in total. The van der Waals surface area contributed by atoms with E-state index in [1.54, 1.807) is 24.3 Å². The number of halogens is 3. The second-order valence-electron chi connectivity index (χ2n) is 4.70. The molecule has 1 aromatic rings. The average Bonchev–Trinajstić information content (AvgIpc) is 2.33. The van der Waals surface area contributed by atoms with Crippen LogP contribution in [0.3, 0.4) is 0 Å². The molecule has 0 radical (unpaired) electrons. The van der Waals surface area contributed by atoms with Crippen LogP contribution in [0.2, 0.25) is 0 Å². The Hall–Kier alpha value is -1.60. The summed E-state index contributed by atoms with van der Waals surface area (Å²) in [7, 11) is 1.45. The Morgan fingerprint density at radius 1 is 1.38 bits per heavy atom. The number of ether oxygens (including phenoxy) is 1. The van der Waals surface area contributed by atoms with Crippen molar-refractivity contribution in [3.63, 3.8) is 0 Å². The minimum absolute atomic E-state index is 0.135. The predicted molar refractivity (Wildman–Crippen MR) is 74.0 cm³/mol. The van der Waals surface area contributed by atoms with Crippen molar-refractivity contribution in [3.05, 3.63) is 29.8 Å². The number of benzene rings is 1. The fourth-order valence-electron chi connectivity index (χ4n) is 1.90. The van der Waals surface area contributed by atoms with E-state index in [2.05, 4.69) is 5.32 Å². The Balaban J connectivity index is 2.74. The topological polar surface area (TPSA) is 41.6 Å². The van der Waals surface area contributed by atoms with Gasteiger partial charge in [0.1, 0.15) is 0 Å². The van der Waals surface area contributed by atoms with E-state index in [1.807, 2.05) is 0 Å². The lowest BCUT2D eigenvalue weighted by atomic mass is 10.2. The number of methoxy groups -OCH3 is 1. The molecule has 0 bridgehead atoms. The van der Waals surface area contributed by atoms with Crippen LogP contribution in [0, 0.1) is 0 Å². The molecule has 21 heavy (non-hydrogen) atoms. The summed E-state index contributed by atoms with van der Waals surface area (Å²) >= 11 is 0. The molecular weight excluding hydrogens is 285 g/mol. The number of carbonyl (C=O) groups excluding carboxylic acids is 1. The van der Waals surface area contributed by atoms with Crippen LogP contribution in [-0.2, 0) is 16.1 Å². The Morgan fingerprint density at radius 2 is 2.10 bits per heavy atom. The van der Waals surface area contributed by atoms with Gasteiger partial charge in [-0.1, -0.05) is 12.1 Å². The van der Waals surface area contributed by atoms with E-state index < -0.39 is 12.7 Å². The largest absolute Gasteiger partial charge is 0.401 e. The van der Waals surface area contributed by atoms with Crippen LogP contribution in [0.1, 0.15) is 12.5 Å². The number of carbonyl (C=O) groups is 1. The lowest BCUT2D eigenvalue weighted by molar-refractivity contribution is -0.148. The molecular formula is C14H19F3N2O2. The van der Waals surface area contributed by atoms with Crippen molar-refractivity contribution in [3.8, 4) is 0 Å². The van der Waals surface area contributed by atoms with Gasteiger partial charge in [0.05, 0.1) is 13.2 Å². The fraction of sp³-hybridized carbons (Fsp3) is 0.500. The van der Waals surface area contributed by atoms with Gasteiger partial charge in [-0.3, -0.25) is 9.69 Å². The van der Waals surface area contributed by atoms with Crippen molar-refractivity contribution in [2.24, 2.45) is 0 Å². The number of anilines is 1. The van der Waals surface area contributed by atoms with Crippen LogP contribution in [0.5, 0.6) is 0 Å². The van der Waals surface area contributed by atoms with Crippen LogP contribution >= 0.6 is 0 Å². The molecule has 0 atom stereocenters. The number of rotatable bonds is 7. The summed E-state index contributed by atoms with van der Waals surface area (Å²) in [6.45, 7) is 0.917. The summed E-state index contributed by atoms with van der Waals surface area (Å²) < 4.78 is 42.5. The number of nitrogens with zero attached hydrogens (tertiary/aromatic N) is 1. The molecule has 0 saturated heterocycles. The molecule has 0 spiro atoms. The Bertz CT molecular complexity index is 464. The zero-order valence-electron chi connectivity index (χ0n) is 12.0. The quantitative estimate of drug-likeness (QED) is 0.842. The molecule has 0 aromatic heterocycles. The van der Waals surface area contributed by atoms with Gasteiger partial charge in [0, 0.05) is 32.8 Å². The van der Waals surface area contributed by atoms with Crippen molar-refractivity contribution < 1.29 is 22.7 Å². The van der Waals surface area contributed by atoms with Crippen molar-refractivity contribution in [1.82, 2.24) is 4.90 Å². The summed E-state index contributed by atoms with van der Waals surface area (Å²) in [4.78, 5) is 12.2. The maximum Gasteiger partial charge on any atom is 0.401 e. The number of alkyl halides is 3. The molecule has 0 unspecified atom stereocenters. The lowest BCUT2D eigenvalue weighted by Crippen LogP contribution is -2.36. The van der Waals surface area contributed by atoms with Gasteiger partial charge in [0.2, 0.25) is 5.91 Å². The van der Waals surface area contributed by atoms with E-state index in [0.717, 1.165) is 0 Å². The number of hydrogen-bond acceptors (Lipinski definition) is 3. The SMILES string of the molecule is COCCN(Cc1cccc(NC(C)=O)c1)CC(F)(F)F. The van der Waals surface area contributed by atoms with Gasteiger partial charge < -0.3 is 10.1 Å². The summed E-state index contributed by atoms with van der Waals surface area (Å²) in [6, 6.07) is 6.77. The monoisotopic (exact) mass is 304 g/mol. The standard InChI is InChI=1S/C14H19F3N2O2/c1-11(20)18-13-5-3-4-12(8-13)9-19(6-7-21-2)10-14(15,16)17/h3-5,8H,6-7,9-10H2,1-2H3,(H,18,20). The minimum atomic E-state index is -4.26. The van der Waals surface area contributed by atoms with Crippen molar-refractivity contribution in [2.75, 3.05) is 32.1 Å². The summed E-state index contributed by atoms with van der Waals surface area (Å²) in [5.41, 5.74) is 1.26. The second-order valence-corrected chi connectivity index (χ2v) is 4.70. The molecule has 0 aliphatic heterocycles. The molecule has 0 fully saturated rings. The van der Waals surface area contributed by atoms with Crippen molar-refractivity contribution in [2.45, 2.75) is 19.6 Å². The van der Waals surface area contributed by atoms with Crippen LogP contribution in [0.25, 0.3) is 0 Å². The Labute approximate surface area is 121 Å². The van der Waals surface area contributed by atoms with Crippen LogP contribution in [0.4, 0.5) is 18.9 Å². The van der Waals surface area contributed by atoms with E-state index >= 15 is 0 Å². The molecule has 1 N–H and O–H groups in total. The molecule has 0 aliphatic carbocycles. The Kier molecular flexibility index (Phi) is 6.64. The maximum atomic E-state index is 12.5. The summed E-state index contributed by atoms with van der Waals surface area (Å²) in [5, 5.41) is 2.61. The maximum absolute atomic E-state index is 12.5. The first kappa shape index (κ1) is 17.5. The van der Waals surface area contributed by atoms with E-state index in [9.17, 15) is 18.0 Å². The predicted octanol–water partition coefficient (Wildman–Crippen LogP) is 2.66. The first-order valence-corrected chi connectivity index (χ1v) is 6.45. The zero-order valence-corrected chi connectivity index (χ0v) is 12.0. The van der Waals surface area contributed by atoms with E-state index in [1.165, 1.54) is 18.9 Å². The second kappa shape index (κ2) is 7.99. The summed E-state index contributed by atoms with van der Waals surface area (Å²) in [5.74, 6) is -0.223. The third-order valence-electron chi connectivity index (χ3n) is 2.67. The van der Waals surface area contributed by atoms with E-state index in [4.69, 9.17) is 4.74 Å². The highest BCUT2D eigenvalue weighted by Crippen LogP contribution is 2.19. The average molecular weight is 304 g/mol. The van der Waals surface area contributed by atoms with Crippen LogP contribution < -0.4 is 5.32 Å². The van der Waals surface area contributed by atoms with Gasteiger partial charge in [-0.05, 0) is 17.7 Å². The van der Waals surface area contributed by atoms with Crippen molar-refractivity contribution in [1.29, 1.82) is 0 Å². The van der Waals surface area contributed by atoms with Gasteiger partial charge in [-0.15, -0.1) is 0 Å². The third-order valence-corrected chi connectivity index (χ3v) is 2.67. The van der Waals surface area contributed by atoms with Crippen LogP contribution in [0.15, 0.2) is 24.3 Å². The molecule has 118 valence electrons. The minimum Gasteiger partial charge on any atom is -0.383 e. The molecule has 7 heteroatoms. The fourth-order valence-corrected chi connectivity index (χ4v) is 1.90. The molecule has 0 aliphatic rings. The molecule has 1 rings (SSSR count). The molecule has 0 saturated carbocycles. The molecule has 1 amide bonds. The highest BCUT2D eigenvalue weighted by molar-refractivity contribution is 5.88. The van der Waals surface area contributed by atoms with Crippen LogP contribution in [-0.4, -0.2) is 43.8 Å². The third kappa shape index (κ3) is 7.67. The van der Waals surface area contributed by atoms with E-state index in [0.29, 0.717) is 11.3 Å². The number of nitrogens with one attached hydrogen (secondary N) is 1. The normalized spacial score (nSPS) is 11.7.